The van der Waals surface area contributed by atoms with Crippen molar-refractivity contribution >= 4 is 17.7 Å². The van der Waals surface area contributed by atoms with Crippen LogP contribution in [0.3, 0.4) is 0 Å². The van der Waals surface area contributed by atoms with E-state index in [2.05, 4.69) is 20.8 Å². The zero-order valence-electron chi connectivity index (χ0n) is 15.4. The summed E-state index contributed by atoms with van der Waals surface area (Å²) in [7, 11) is 0. The molecule has 6 heteroatoms. The molecule has 1 aromatic rings. The molecule has 1 unspecified atom stereocenters. The summed E-state index contributed by atoms with van der Waals surface area (Å²) in [5.41, 5.74) is 7.93. The molecule has 1 aromatic carbocycles. The lowest BCUT2D eigenvalue weighted by atomic mass is 9.66. The largest absolute Gasteiger partial charge is 0.465 e. The van der Waals surface area contributed by atoms with Crippen LogP contribution in [0.25, 0.3) is 0 Å². The Hall–Kier alpha value is -2.08. The van der Waals surface area contributed by atoms with Crippen molar-refractivity contribution in [1.29, 1.82) is 0 Å². The van der Waals surface area contributed by atoms with Crippen molar-refractivity contribution in [3.05, 3.63) is 29.3 Å². The molecule has 0 radical (unpaired) electrons. The SMILES string of the molecule is CC(C)(C)C1(C)c2ccc(N3CC[C@H](N)C3=O)cc2CCN1C(=O)O. The van der Waals surface area contributed by atoms with Crippen molar-refractivity contribution in [2.75, 3.05) is 18.0 Å². The van der Waals surface area contributed by atoms with E-state index in [1.807, 2.05) is 25.1 Å². The maximum atomic E-state index is 12.2. The van der Waals surface area contributed by atoms with Crippen LogP contribution in [0.1, 0.15) is 45.2 Å². The quantitative estimate of drug-likeness (QED) is 0.819. The van der Waals surface area contributed by atoms with Gasteiger partial charge >= 0.3 is 6.09 Å². The van der Waals surface area contributed by atoms with E-state index in [0.29, 0.717) is 25.9 Å². The Morgan fingerprint density at radius 2 is 2.00 bits per heavy atom. The van der Waals surface area contributed by atoms with Gasteiger partial charge in [0.1, 0.15) is 0 Å². The number of carbonyl (C=O) groups excluding carboxylic acids is 1. The lowest BCUT2D eigenvalue weighted by Crippen LogP contribution is -2.57. The second kappa shape index (κ2) is 5.73. The van der Waals surface area contributed by atoms with Gasteiger partial charge in [0, 0.05) is 18.8 Å². The summed E-state index contributed by atoms with van der Waals surface area (Å²) in [6.45, 7) is 9.28. The number of hydrogen-bond acceptors (Lipinski definition) is 3. The molecular weight excluding hydrogens is 318 g/mol. The van der Waals surface area contributed by atoms with Gasteiger partial charge in [0.05, 0.1) is 11.6 Å². The summed E-state index contributed by atoms with van der Waals surface area (Å²) < 4.78 is 0. The highest BCUT2D eigenvalue weighted by Crippen LogP contribution is 2.48. The summed E-state index contributed by atoms with van der Waals surface area (Å²) in [6, 6.07) is 5.53. The number of anilines is 1. The first-order valence-electron chi connectivity index (χ1n) is 8.78. The van der Waals surface area contributed by atoms with Crippen LogP contribution in [0.15, 0.2) is 18.2 Å². The third-order valence-corrected chi connectivity index (χ3v) is 6.01. The molecular formula is C19H27N3O3. The Morgan fingerprint density at radius 3 is 2.52 bits per heavy atom. The van der Waals surface area contributed by atoms with Crippen molar-refractivity contribution in [2.24, 2.45) is 11.1 Å². The van der Waals surface area contributed by atoms with Crippen LogP contribution < -0.4 is 10.6 Å². The minimum Gasteiger partial charge on any atom is -0.465 e. The summed E-state index contributed by atoms with van der Waals surface area (Å²) in [6.07, 6.45) is 0.422. The highest BCUT2D eigenvalue weighted by atomic mass is 16.4. The zero-order valence-corrected chi connectivity index (χ0v) is 15.4. The van der Waals surface area contributed by atoms with Crippen LogP contribution in [-0.2, 0) is 16.8 Å². The monoisotopic (exact) mass is 345 g/mol. The molecule has 1 saturated heterocycles. The standard InChI is InChI=1S/C19H27N3O3/c1-18(2,3)19(4)14-6-5-13(21-9-8-15(20)16(21)23)11-12(14)7-10-22(19)17(24)25/h5-6,11,15H,7-10,20H2,1-4H3,(H,24,25)/t15-,19?/m0/s1. The fourth-order valence-corrected chi connectivity index (χ4v) is 4.09. The van der Waals surface area contributed by atoms with Gasteiger partial charge in [-0.15, -0.1) is 0 Å². The lowest BCUT2D eigenvalue weighted by Gasteiger charge is -2.52. The van der Waals surface area contributed by atoms with Crippen molar-refractivity contribution in [3.8, 4) is 0 Å². The molecule has 1 fully saturated rings. The van der Waals surface area contributed by atoms with E-state index in [1.54, 1.807) is 9.80 Å². The lowest BCUT2D eigenvalue weighted by molar-refractivity contribution is -0.118. The first-order valence-corrected chi connectivity index (χ1v) is 8.78. The molecule has 25 heavy (non-hydrogen) atoms. The second-order valence-electron chi connectivity index (χ2n) is 8.23. The molecule has 2 aliphatic heterocycles. The zero-order chi connectivity index (χ0) is 18.6. The number of carbonyl (C=O) groups is 2. The highest BCUT2D eigenvalue weighted by molar-refractivity contribution is 5.99. The van der Waals surface area contributed by atoms with E-state index in [1.165, 1.54) is 0 Å². The Balaban J connectivity index is 2.07. The molecule has 2 heterocycles. The first kappa shape index (κ1) is 17.7. The molecule has 0 bridgehead atoms. The van der Waals surface area contributed by atoms with Gasteiger partial charge in [0.25, 0.3) is 0 Å². The molecule has 3 N–H and O–H groups in total. The van der Waals surface area contributed by atoms with Crippen molar-refractivity contribution in [1.82, 2.24) is 4.90 Å². The number of hydrogen-bond donors (Lipinski definition) is 2. The van der Waals surface area contributed by atoms with Gasteiger partial charge in [-0.05, 0) is 48.4 Å². The number of fused-ring (bicyclic) bond motifs is 1. The molecule has 2 atom stereocenters. The minimum absolute atomic E-state index is 0.0403. The minimum atomic E-state index is -0.896. The average Bonchev–Trinajstić information content (AvgIpc) is 2.85. The number of rotatable bonds is 1. The number of nitrogens with two attached hydrogens (primary N) is 1. The van der Waals surface area contributed by atoms with E-state index in [4.69, 9.17) is 5.73 Å². The van der Waals surface area contributed by atoms with Crippen LogP contribution in [-0.4, -0.2) is 41.1 Å². The normalized spacial score (nSPS) is 26.8. The fourth-order valence-electron chi connectivity index (χ4n) is 4.09. The summed E-state index contributed by atoms with van der Waals surface area (Å²) >= 11 is 0. The first-order chi connectivity index (χ1) is 11.6. The fraction of sp³-hybridized carbons (Fsp3) is 0.579. The van der Waals surface area contributed by atoms with Gasteiger partial charge in [-0.2, -0.15) is 0 Å². The molecule has 0 aromatic heterocycles. The van der Waals surface area contributed by atoms with Gasteiger partial charge in [0.2, 0.25) is 5.91 Å². The molecule has 6 nitrogen and oxygen atoms in total. The van der Waals surface area contributed by atoms with Crippen LogP contribution in [0.5, 0.6) is 0 Å². The summed E-state index contributed by atoms with van der Waals surface area (Å²) in [4.78, 5) is 27.3. The number of carboxylic acid groups (broad SMARTS) is 1. The smallest absolute Gasteiger partial charge is 0.408 e. The van der Waals surface area contributed by atoms with Crippen LogP contribution >= 0.6 is 0 Å². The molecule has 0 aliphatic carbocycles. The average molecular weight is 345 g/mol. The van der Waals surface area contributed by atoms with Gasteiger partial charge in [-0.25, -0.2) is 4.79 Å². The second-order valence-corrected chi connectivity index (χ2v) is 8.23. The third-order valence-electron chi connectivity index (χ3n) is 6.01. The topological polar surface area (TPSA) is 86.9 Å². The van der Waals surface area contributed by atoms with Gasteiger partial charge in [-0.1, -0.05) is 26.8 Å². The van der Waals surface area contributed by atoms with Gasteiger partial charge in [0.15, 0.2) is 0 Å². The highest BCUT2D eigenvalue weighted by Gasteiger charge is 2.49. The number of benzene rings is 1. The predicted molar refractivity (Wildman–Crippen MR) is 96.6 cm³/mol. The molecule has 0 spiro atoms. The Morgan fingerprint density at radius 1 is 1.32 bits per heavy atom. The van der Waals surface area contributed by atoms with Gasteiger partial charge in [-0.3, -0.25) is 9.69 Å². The van der Waals surface area contributed by atoms with Gasteiger partial charge < -0.3 is 15.7 Å². The maximum Gasteiger partial charge on any atom is 0.408 e. The predicted octanol–water partition coefficient (Wildman–Crippen LogP) is 2.55. The summed E-state index contributed by atoms with van der Waals surface area (Å²) in [5, 5.41) is 9.71. The molecule has 2 amide bonds. The van der Waals surface area contributed by atoms with Crippen molar-refractivity contribution in [2.45, 2.75) is 52.1 Å². The van der Waals surface area contributed by atoms with E-state index in [9.17, 15) is 14.7 Å². The molecule has 2 aliphatic rings. The molecule has 136 valence electrons. The van der Waals surface area contributed by atoms with E-state index in [0.717, 1.165) is 16.8 Å². The maximum absolute atomic E-state index is 12.2. The van der Waals surface area contributed by atoms with E-state index in [-0.39, 0.29) is 11.3 Å². The number of nitrogens with zero attached hydrogens (tertiary/aromatic N) is 2. The Kier molecular flexibility index (Phi) is 4.06. The third kappa shape index (κ3) is 2.59. The van der Waals surface area contributed by atoms with Crippen LogP contribution in [0.2, 0.25) is 0 Å². The number of amides is 2. The van der Waals surface area contributed by atoms with Crippen molar-refractivity contribution < 1.29 is 14.7 Å². The Labute approximate surface area is 148 Å². The molecule has 3 rings (SSSR count). The van der Waals surface area contributed by atoms with Crippen molar-refractivity contribution in [3.63, 3.8) is 0 Å². The van der Waals surface area contributed by atoms with Crippen LogP contribution in [0.4, 0.5) is 10.5 Å². The van der Waals surface area contributed by atoms with Crippen LogP contribution in [0, 0.1) is 5.41 Å². The van der Waals surface area contributed by atoms with E-state index < -0.39 is 17.7 Å². The summed E-state index contributed by atoms with van der Waals surface area (Å²) in [5.74, 6) is -0.0403. The molecule has 0 saturated carbocycles. The van der Waals surface area contributed by atoms with E-state index >= 15 is 0 Å². The Bertz CT molecular complexity index is 725.